The van der Waals surface area contributed by atoms with Gasteiger partial charge in [-0.15, -0.1) is 0 Å². The Labute approximate surface area is 143 Å². The fourth-order valence-electron chi connectivity index (χ4n) is 3.24. The van der Waals surface area contributed by atoms with E-state index in [0.29, 0.717) is 0 Å². The molecule has 0 bridgehead atoms. The Balaban J connectivity index is 2.22. The van der Waals surface area contributed by atoms with E-state index in [9.17, 15) is 0 Å². The molecule has 0 amide bonds. The maximum Gasteiger partial charge on any atom is 0.154 e. The van der Waals surface area contributed by atoms with E-state index in [2.05, 4.69) is 35.0 Å². The zero-order valence-corrected chi connectivity index (χ0v) is 14.7. The molecule has 2 aromatic heterocycles. The van der Waals surface area contributed by atoms with Gasteiger partial charge in [-0.3, -0.25) is 0 Å². The average Bonchev–Trinajstić information content (AvgIpc) is 2.98. The first kappa shape index (κ1) is 16.7. The summed E-state index contributed by atoms with van der Waals surface area (Å²) in [6.45, 7) is 3.92. The highest BCUT2D eigenvalue weighted by Gasteiger charge is 2.17. The zero-order chi connectivity index (χ0) is 16.9. The highest BCUT2D eigenvalue weighted by atomic mass is 15.1. The van der Waals surface area contributed by atoms with Crippen molar-refractivity contribution in [1.82, 2.24) is 14.5 Å². The number of imidazole rings is 1. The molecule has 0 aliphatic rings. The quantitative estimate of drug-likeness (QED) is 0.620. The number of aromatic nitrogens is 3. The molecule has 3 N–H and O–H groups in total. The molecule has 0 saturated carbocycles. The van der Waals surface area contributed by atoms with Gasteiger partial charge in [0, 0.05) is 25.4 Å². The van der Waals surface area contributed by atoms with E-state index < -0.39 is 0 Å². The third-order valence-corrected chi connectivity index (χ3v) is 4.49. The van der Waals surface area contributed by atoms with Gasteiger partial charge >= 0.3 is 0 Å². The van der Waals surface area contributed by atoms with Crippen LogP contribution in [0.25, 0.3) is 21.9 Å². The van der Waals surface area contributed by atoms with E-state index in [-0.39, 0.29) is 0 Å². The van der Waals surface area contributed by atoms with Crippen LogP contribution in [-0.4, -0.2) is 28.1 Å². The van der Waals surface area contributed by atoms with Crippen LogP contribution in [0.4, 0.5) is 5.82 Å². The predicted octanol–water partition coefficient (Wildman–Crippen LogP) is 3.71. The van der Waals surface area contributed by atoms with Gasteiger partial charge in [0.05, 0.1) is 11.0 Å². The summed E-state index contributed by atoms with van der Waals surface area (Å²) in [5.41, 5.74) is 8.88. The number of anilines is 1. The standard InChI is InChI=1S/C19H27N5/c1-3-4-11-16-23-17-18(24(16)13-8-7-12-20)14-9-5-6-10-15(14)22-19(17)21-2/h5-6,9-10H,3-4,7-8,11-13,20H2,1-2H3,(H,21,22). The van der Waals surface area contributed by atoms with Crippen molar-refractivity contribution in [2.45, 2.75) is 45.6 Å². The summed E-state index contributed by atoms with van der Waals surface area (Å²) >= 11 is 0. The summed E-state index contributed by atoms with van der Waals surface area (Å²) in [5.74, 6) is 2.03. The van der Waals surface area contributed by atoms with Crippen molar-refractivity contribution in [1.29, 1.82) is 0 Å². The van der Waals surface area contributed by atoms with Crippen LogP contribution in [-0.2, 0) is 13.0 Å². The van der Waals surface area contributed by atoms with Gasteiger partial charge in [0.1, 0.15) is 11.3 Å². The van der Waals surface area contributed by atoms with Gasteiger partial charge < -0.3 is 15.6 Å². The number of hydrogen-bond acceptors (Lipinski definition) is 4. The summed E-state index contributed by atoms with van der Waals surface area (Å²) in [7, 11) is 1.91. The largest absolute Gasteiger partial charge is 0.371 e. The lowest BCUT2D eigenvalue weighted by atomic mass is 10.1. The van der Waals surface area contributed by atoms with Crippen LogP contribution >= 0.6 is 0 Å². The highest BCUT2D eigenvalue weighted by Crippen LogP contribution is 2.30. The Morgan fingerprint density at radius 2 is 1.96 bits per heavy atom. The van der Waals surface area contributed by atoms with Crippen LogP contribution < -0.4 is 11.1 Å². The summed E-state index contributed by atoms with van der Waals surface area (Å²) in [4.78, 5) is 9.70. The molecule has 0 aliphatic heterocycles. The van der Waals surface area contributed by atoms with Gasteiger partial charge in [-0.1, -0.05) is 31.5 Å². The molecule has 24 heavy (non-hydrogen) atoms. The number of nitrogens with two attached hydrogens (primary N) is 1. The summed E-state index contributed by atoms with van der Waals surface area (Å²) in [6, 6.07) is 8.33. The second kappa shape index (κ2) is 7.62. The lowest BCUT2D eigenvalue weighted by molar-refractivity contribution is 0.593. The number of nitrogens with one attached hydrogen (secondary N) is 1. The first-order valence-corrected chi connectivity index (χ1v) is 8.95. The van der Waals surface area contributed by atoms with Gasteiger partial charge in [-0.05, 0) is 31.9 Å². The monoisotopic (exact) mass is 325 g/mol. The number of unbranched alkanes of at least 4 members (excludes halogenated alkanes) is 2. The van der Waals surface area contributed by atoms with Crippen molar-refractivity contribution in [3.8, 4) is 0 Å². The van der Waals surface area contributed by atoms with Crippen LogP contribution in [0.1, 0.15) is 38.4 Å². The van der Waals surface area contributed by atoms with Crippen molar-refractivity contribution in [2.24, 2.45) is 5.73 Å². The van der Waals surface area contributed by atoms with Crippen molar-refractivity contribution in [3.63, 3.8) is 0 Å². The molecule has 0 saturated heterocycles. The van der Waals surface area contributed by atoms with E-state index in [1.165, 1.54) is 23.1 Å². The predicted molar refractivity (Wildman–Crippen MR) is 101 cm³/mol. The minimum atomic E-state index is 0.737. The second-order valence-corrected chi connectivity index (χ2v) is 6.20. The van der Waals surface area contributed by atoms with E-state index in [0.717, 1.165) is 55.6 Å². The van der Waals surface area contributed by atoms with E-state index in [1.54, 1.807) is 0 Å². The Kier molecular flexibility index (Phi) is 5.30. The van der Waals surface area contributed by atoms with Crippen LogP contribution in [0, 0.1) is 0 Å². The topological polar surface area (TPSA) is 68.8 Å². The Morgan fingerprint density at radius 1 is 1.12 bits per heavy atom. The molecule has 0 fully saturated rings. The van der Waals surface area contributed by atoms with Gasteiger partial charge in [0.2, 0.25) is 0 Å². The molecule has 0 radical (unpaired) electrons. The maximum absolute atomic E-state index is 5.69. The fraction of sp³-hybridized carbons (Fsp3) is 0.474. The van der Waals surface area contributed by atoms with Crippen LogP contribution in [0.5, 0.6) is 0 Å². The minimum absolute atomic E-state index is 0.737. The normalized spacial score (nSPS) is 11.5. The zero-order valence-electron chi connectivity index (χ0n) is 14.7. The van der Waals surface area contributed by atoms with Crippen molar-refractivity contribution in [2.75, 3.05) is 18.9 Å². The molecule has 5 nitrogen and oxygen atoms in total. The van der Waals surface area contributed by atoms with Crippen LogP contribution in [0.15, 0.2) is 24.3 Å². The summed E-state index contributed by atoms with van der Waals surface area (Å²) in [6.07, 6.45) is 5.44. The fourth-order valence-corrected chi connectivity index (χ4v) is 3.24. The molecule has 0 atom stereocenters. The summed E-state index contributed by atoms with van der Waals surface area (Å²) in [5, 5.41) is 4.39. The number of aryl methyl sites for hydroxylation is 2. The van der Waals surface area contributed by atoms with Gasteiger partial charge in [-0.25, -0.2) is 9.97 Å². The third-order valence-electron chi connectivity index (χ3n) is 4.49. The lowest BCUT2D eigenvalue weighted by Crippen LogP contribution is -2.07. The minimum Gasteiger partial charge on any atom is -0.371 e. The lowest BCUT2D eigenvalue weighted by Gasteiger charge is -2.11. The number of pyridine rings is 1. The van der Waals surface area contributed by atoms with Crippen LogP contribution in [0.2, 0.25) is 0 Å². The van der Waals surface area contributed by atoms with Crippen molar-refractivity contribution >= 4 is 27.8 Å². The molecule has 0 unspecified atom stereocenters. The first-order valence-electron chi connectivity index (χ1n) is 8.95. The number of hydrogen-bond donors (Lipinski definition) is 2. The maximum atomic E-state index is 5.69. The average molecular weight is 325 g/mol. The molecule has 5 heteroatoms. The Bertz CT molecular complexity index is 821. The number of fused-ring (bicyclic) bond motifs is 3. The van der Waals surface area contributed by atoms with Gasteiger partial charge in [0.25, 0.3) is 0 Å². The van der Waals surface area contributed by atoms with Crippen LogP contribution in [0.3, 0.4) is 0 Å². The van der Waals surface area contributed by atoms with Crippen molar-refractivity contribution in [3.05, 3.63) is 30.1 Å². The van der Waals surface area contributed by atoms with Gasteiger partial charge in [0.15, 0.2) is 5.82 Å². The highest BCUT2D eigenvalue weighted by molar-refractivity contribution is 6.06. The SMILES string of the molecule is CCCCc1nc2c(NC)nc3ccccc3c2n1CCCCN. The summed E-state index contributed by atoms with van der Waals surface area (Å²) < 4.78 is 2.39. The molecule has 1 aromatic carbocycles. The van der Waals surface area contributed by atoms with Gasteiger partial charge in [-0.2, -0.15) is 0 Å². The number of benzene rings is 1. The molecular formula is C19H27N5. The molecule has 3 aromatic rings. The first-order chi connectivity index (χ1) is 11.8. The number of nitrogens with zero attached hydrogens (tertiary/aromatic N) is 3. The molecule has 2 heterocycles. The second-order valence-electron chi connectivity index (χ2n) is 6.20. The van der Waals surface area contributed by atoms with E-state index in [1.807, 2.05) is 13.1 Å². The molecular weight excluding hydrogens is 298 g/mol. The molecule has 0 spiro atoms. The molecule has 128 valence electrons. The molecule has 3 rings (SSSR count). The third kappa shape index (κ3) is 3.08. The Morgan fingerprint density at radius 3 is 2.71 bits per heavy atom. The Hall–Kier alpha value is -2.14. The molecule has 0 aliphatic carbocycles. The van der Waals surface area contributed by atoms with Crippen molar-refractivity contribution < 1.29 is 0 Å². The number of rotatable bonds is 8. The smallest absolute Gasteiger partial charge is 0.154 e. The van der Waals surface area contributed by atoms with E-state index in [4.69, 9.17) is 15.7 Å². The number of para-hydroxylation sites is 1. The van der Waals surface area contributed by atoms with E-state index >= 15 is 0 Å².